The highest BCUT2D eigenvalue weighted by atomic mass is 14.9. The van der Waals surface area contributed by atoms with Crippen LogP contribution in [-0.2, 0) is 0 Å². The van der Waals surface area contributed by atoms with Gasteiger partial charge in [0.15, 0.2) is 0 Å². The molecule has 1 heteroatoms. The highest BCUT2D eigenvalue weighted by Crippen LogP contribution is 2.44. The largest absolute Gasteiger partial charge is 0.312 e. The normalized spacial score (nSPS) is 33.8. The third-order valence-electron chi connectivity index (χ3n) is 5.63. The van der Waals surface area contributed by atoms with E-state index in [4.69, 9.17) is 0 Å². The lowest BCUT2D eigenvalue weighted by atomic mass is 9.67. The van der Waals surface area contributed by atoms with Gasteiger partial charge in [0.25, 0.3) is 0 Å². The van der Waals surface area contributed by atoms with Crippen LogP contribution < -0.4 is 5.32 Å². The van der Waals surface area contributed by atoms with Crippen molar-refractivity contribution in [1.82, 2.24) is 5.32 Å². The summed E-state index contributed by atoms with van der Waals surface area (Å²) < 4.78 is 0. The van der Waals surface area contributed by atoms with Crippen molar-refractivity contribution in [3.8, 4) is 0 Å². The zero-order chi connectivity index (χ0) is 13.9. The Morgan fingerprint density at radius 1 is 1.00 bits per heavy atom. The van der Waals surface area contributed by atoms with E-state index in [1.807, 2.05) is 0 Å². The molecular weight excluding hydrogens is 230 g/mol. The molecule has 2 aliphatic carbocycles. The van der Waals surface area contributed by atoms with Crippen molar-refractivity contribution in [3.63, 3.8) is 0 Å². The standard InChI is InChI=1S/C18H35N/c1-5-14-10-11-16(13-19-18(2,3)4)17(12-14)15-8-6-7-9-15/h14-17,19H,5-13H2,1-4H3. The molecular formula is C18H35N. The fourth-order valence-electron chi connectivity index (χ4n) is 4.38. The molecule has 112 valence electrons. The molecule has 0 bridgehead atoms. The second-order valence-electron chi connectivity index (χ2n) is 8.19. The van der Waals surface area contributed by atoms with E-state index in [0.29, 0.717) is 0 Å². The van der Waals surface area contributed by atoms with Crippen molar-refractivity contribution in [3.05, 3.63) is 0 Å². The molecule has 3 atom stereocenters. The maximum Gasteiger partial charge on any atom is 0.00966 e. The Morgan fingerprint density at radius 2 is 1.68 bits per heavy atom. The van der Waals surface area contributed by atoms with Gasteiger partial charge in [-0.3, -0.25) is 0 Å². The summed E-state index contributed by atoms with van der Waals surface area (Å²) in [5.74, 6) is 4.05. The van der Waals surface area contributed by atoms with Crippen LogP contribution >= 0.6 is 0 Å². The average Bonchev–Trinajstić information content (AvgIpc) is 2.89. The molecule has 0 aromatic carbocycles. The van der Waals surface area contributed by atoms with Crippen molar-refractivity contribution in [1.29, 1.82) is 0 Å². The monoisotopic (exact) mass is 265 g/mol. The SMILES string of the molecule is CCC1CCC(CNC(C)(C)C)C(C2CCCC2)C1. The second-order valence-corrected chi connectivity index (χ2v) is 8.19. The van der Waals surface area contributed by atoms with Crippen molar-refractivity contribution in [2.75, 3.05) is 6.54 Å². The van der Waals surface area contributed by atoms with Crippen LogP contribution in [-0.4, -0.2) is 12.1 Å². The molecule has 2 saturated carbocycles. The molecule has 1 N–H and O–H groups in total. The van der Waals surface area contributed by atoms with Gasteiger partial charge in [-0.1, -0.05) is 45.4 Å². The molecule has 0 heterocycles. The summed E-state index contributed by atoms with van der Waals surface area (Å²) in [6.07, 6.45) is 11.9. The van der Waals surface area contributed by atoms with Crippen LogP contribution in [0.3, 0.4) is 0 Å². The molecule has 0 aromatic rings. The first-order valence-corrected chi connectivity index (χ1v) is 8.74. The minimum atomic E-state index is 0.280. The van der Waals surface area contributed by atoms with Gasteiger partial charge in [-0.15, -0.1) is 0 Å². The van der Waals surface area contributed by atoms with E-state index in [2.05, 4.69) is 33.0 Å². The molecule has 0 radical (unpaired) electrons. The first kappa shape index (κ1) is 15.4. The summed E-state index contributed by atoms with van der Waals surface area (Å²) in [7, 11) is 0. The van der Waals surface area contributed by atoms with Gasteiger partial charge >= 0.3 is 0 Å². The van der Waals surface area contributed by atoms with Crippen molar-refractivity contribution < 1.29 is 0 Å². The number of rotatable bonds is 4. The Morgan fingerprint density at radius 3 is 2.26 bits per heavy atom. The smallest absolute Gasteiger partial charge is 0.00966 e. The summed E-state index contributed by atoms with van der Waals surface area (Å²) in [6.45, 7) is 10.5. The van der Waals surface area contributed by atoms with Crippen LogP contribution in [0.4, 0.5) is 0 Å². The first-order valence-electron chi connectivity index (χ1n) is 8.74. The Kier molecular flexibility index (Phi) is 5.34. The van der Waals surface area contributed by atoms with Crippen molar-refractivity contribution in [2.45, 2.75) is 84.6 Å². The summed E-state index contributed by atoms with van der Waals surface area (Å²) in [5.41, 5.74) is 0.280. The Labute approximate surface area is 120 Å². The molecule has 0 aliphatic heterocycles. The lowest BCUT2D eigenvalue weighted by Gasteiger charge is -2.40. The summed E-state index contributed by atoms with van der Waals surface area (Å²) in [4.78, 5) is 0. The van der Waals surface area contributed by atoms with Gasteiger partial charge < -0.3 is 5.32 Å². The third-order valence-corrected chi connectivity index (χ3v) is 5.63. The van der Waals surface area contributed by atoms with Gasteiger partial charge in [0.2, 0.25) is 0 Å². The van der Waals surface area contributed by atoms with Gasteiger partial charge in [-0.05, 0) is 63.8 Å². The molecule has 19 heavy (non-hydrogen) atoms. The van der Waals surface area contributed by atoms with E-state index >= 15 is 0 Å². The van der Waals surface area contributed by atoms with Crippen LogP contribution in [0.5, 0.6) is 0 Å². The molecule has 0 saturated heterocycles. The first-order chi connectivity index (χ1) is 8.99. The van der Waals surface area contributed by atoms with Crippen LogP contribution in [0, 0.1) is 23.7 Å². The highest BCUT2D eigenvalue weighted by Gasteiger charge is 2.36. The Balaban J connectivity index is 1.94. The molecule has 0 amide bonds. The third kappa shape index (κ3) is 4.48. The van der Waals surface area contributed by atoms with Crippen molar-refractivity contribution in [2.24, 2.45) is 23.7 Å². The molecule has 0 aromatic heterocycles. The van der Waals surface area contributed by atoms with E-state index in [1.54, 1.807) is 0 Å². The molecule has 3 unspecified atom stereocenters. The van der Waals surface area contributed by atoms with E-state index < -0.39 is 0 Å². The highest BCUT2D eigenvalue weighted by molar-refractivity contribution is 4.88. The van der Waals surface area contributed by atoms with E-state index in [0.717, 1.165) is 23.7 Å². The number of hydrogen-bond donors (Lipinski definition) is 1. The maximum atomic E-state index is 3.78. The number of nitrogens with one attached hydrogen (secondary N) is 1. The minimum Gasteiger partial charge on any atom is -0.312 e. The fourth-order valence-corrected chi connectivity index (χ4v) is 4.38. The molecule has 2 fully saturated rings. The molecule has 2 rings (SSSR count). The van der Waals surface area contributed by atoms with Gasteiger partial charge in [0, 0.05) is 5.54 Å². The summed E-state index contributed by atoms with van der Waals surface area (Å²) in [6, 6.07) is 0. The molecule has 2 aliphatic rings. The topological polar surface area (TPSA) is 12.0 Å². The number of hydrogen-bond acceptors (Lipinski definition) is 1. The van der Waals surface area contributed by atoms with Crippen molar-refractivity contribution >= 4 is 0 Å². The van der Waals surface area contributed by atoms with Gasteiger partial charge in [-0.25, -0.2) is 0 Å². The van der Waals surface area contributed by atoms with Gasteiger partial charge in [-0.2, -0.15) is 0 Å². The average molecular weight is 265 g/mol. The zero-order valence-corrected chi connectivity index (χ0v) is 13.7. The van der Waals surface area contributed by atoms with Crippen LogP contribution in [0.25, 0.3) is 0 Å². The van der Waals surface area contributed by atoms with E-state index in [1.165, 1.54) is 57.9 Å². The lowest BCUT2D eigenvalue weighted by Crippen LogP contribution is -2.43. The quantitative estimate of drug-likeness (QED) is 0.753. The van der Waals surface area contributed by atoms with Gasteiger partial charge in [0.05, 0.1) is 0 Å². The molecule has 0 spiro atoms. The minimum absolute atomic E-state index is 0.280. The molecule has 1 nitrogen and oxygen atoms in total. The summed E-state index contributed by atoms with van der Waals surface area (Å²) in [5, 5.41) is 3.78. The predicted octanol–water partition coefficient (Wildman–Crippen LogP) is 5.01. The van der Waals surface area contributed by atoms with Gasteiger partial charge in [0.1, 0.15) is 0 Å². The lowest BCUT2D eigenvalue weighted by molar-refractivity contribution is 0.112. The van der Waals surface area contributed by atoms with Crippen LogP contribution in [0.1, 0.15) is 79.1 Å². The second kappa shape index (κ2) is 6.61. The maximum absolute atomic E-state index is 3.78. The van der Waals surface area contributed by atoms with E-state index in [9.17, 15) is 0 Å². The zero-order valence-electron chi connectivity index (χ0n) is 13.7. The predicted molar refractivity (Wildman–Crippen MR) is 84.3 cm³/mol. The van der Waals surface area contributed by atoms with Crippen LogP contribution in [0.15, 0.2) is 0 Å². The van der Waals surface area contributed by atoms with E-state index in [-0.39, 0.29) is 5.54 Å². The Bertz CT molecular complexity index is 259. The summed E-state index contributed by atoms with van der Waals surface area (Å²) >= 11 is 0. The van der Waals surface area contributed by atoms with Crippen LogP contribution in [0.2, 0.25) is 0 Å². The fraction of sp³-hybridized carbons (Fsp3) is 1.00. The Hall–Kier alpha value is -0.0400.